The first kappa shape index (κ1) is 63.1. The Hall–Kier alpha value is -4.76. The number of aliphatic carboxylic acids is 1. The Morgan fingerprint density at radius 1 is 0.649 bits per heavy atom. The Balaban J connectivity index is 0.858. The van der Waals surface area contributed by atoms with Crippen molar-refractivity contribution < 1.29 is 75.6 Å². The highest BCUT2D eigenvalue weighted by Crippen LogP contribution is 2.34. The molecule has 0 aromatic heterocycles. The fourth-order valence-electron chi connectivity index (χ4n) is 7.97. The van der Waals surface area contributed by atoms with Gasteiger partial charge in [0.05, 0.1) is 136 Å². The number of carboxylic acid groups (broad SMARTS) is 1. The maximum Gasteiger partial charge on any atom is 0.329 e. The summed E-state index contributed by atoms with van der Waals surface area (Å²) in [5.41, 5.74) is 12.0. The summed E-state index contributed by atoms with van der Waals surface area (Å²) in [5.74, 6) is -0.822. The molecule has 22 heteroatoms. The zero-order valence-electron chi connectivity index (χ0n) is 44.9. The van der Waals surface area contributed by atoms with Crippen LogP contribution in [0.15, 0.2) is 82.2 Å². The normalized spacial score (nSPS) is 14.0. The first-order chi connectivity index (χ1) is 37.5. The highest BCUT2D eigenvalue weighted by Gasteiger charge is 2.36. The molecular weight excluding hydrogens is 1020 g/mol. The second kappa shape index (κ2) is 36.4. The van der Waals surface area contributed by atoms with Gasteiger partial charge in [0, 0.05) is 69.4 Å². The number of amides is 1. The Morgan fingerprint density at radius 2 is 1.13 bits per heavy atom. The van der Waals surface area contributed by atoms with Crippen LogP contribution in [0.2, 0.25) is 0 Å². The third kappa shape index (κ3) is 24.0. The van der Waals surface area contributed by atoms with Crippen molar-refractivity contribution in [2.24, 2.45) is 16.6 Å². The first-order valence-electron chi connectivity index (χ1n) is 26.4. The molecule has 0 unspecified atom stereocenters. The molecule has 4 N–H and O–H groups in total. The van der Waals surface area contributed by atoms with E-state index in [4.69, 9.17) is 58.2 Å². The van der Waals surface area contributed by atoms with Gasteiger partial charge in [0.15, 0.2) is 0 Å². The molecule has 2 heterocycles. The van der Waals surface area contributed by atoms with E-state index in [-0.39, 0.29) is 43.0 Å². The van der Waals surface area contributed by atoms with Crippen LogP contribution < -0.4 is 5.73 Å². The molecule has 0 aliphatic carbocycles. The predicted octanol–water partition coefficient (Wildman–Crippen LogP) is 3.86. The Labute approximate surface area is 454 Å². The summed E-state index contributed by atoms with van der Waals surface area (Å²) in [6.45, 7) is 13.3. The third-order valence-corrected chi connectivity index (χ3v) is 13.9. The van der Waals surface area contributed by atoms with Crippen molar-refractivity contribution in [2.45, 2.75) is 37.8 Å². The number of aliphatic hydroxyl groups excluding tert-OH is 1. The average molecular weight is 1100 g/mol. The number of ether oxygens (including phenoxy) is 10. The number of hydrogen-bond donors (Lipinski definition) is 3. The smallest absolute Gasteiger partial charge is 0.329 e. The zero-order chi connectivity index (χ0) is 54.9. The van der Waals surface area contributed by atoms with Crippen LogP contribution in [-0.4, -0.2) is 222 Å². The van der Waals surface area contributed by atoms with Gasteiger partial charge in [-0.15, -0.1) is 0 Å². The lowest BCUT2D eigenvalue weighted by Crippen LogP contribution is -2.51. The molecular formula is C55H81N5O16S. The standard InChI is InChI=1S/C55H81N5O16S/c1-3-13-59(55(64)50-34-49-12-11-48(36-52(49)57-53(56)37-50)47-5-4-6-51(35-47)77(65,66)60-40-46(41-60)42-61)39-45-9-7-44(8-10-45)38-58(2)14-15-67-16-17-68-18-19-69-20-21-70-22-23-71-24-25-72-26-27-73-28-29-74-30-31-75-32-33-76-43-54(62)63/h4-12,34-36,46,61H,3,13-33,37-43H2,1-2H3,(H2,56,57)(H,62,63). The Morgan fingerprint density at radius 3 is 1.62 bits per heavy atom. The monoisotopic (exact) mass is 1100 g/mol. The molecule has 21 nitrogen and oxygen atoms in total. The van der Waals surface area contributed by atoms with Crippen LogP contribution in [-0.2, 0) is 80.1 Å². The Bertz CT molecular complexity index is 2350. The SMILES string of the molecule is CCCN(Cc1ccc(CN(C)CCOCCOCCOCCOCCOCCOCCOCCOCCOCCOCC(=O)O)cc1)C(=O)C1=Cc2ccc(-c3cccc(S(=O)(=O)N4CC(CO)C4)c3)cc2N=C(N)C1. The molecule has 1 fully saturated rings. The number of aliphatic hydroxyl groups is 1. The van der Waals surface area contributed by atoms with Crippen molar-refractivity contribution in [3.8, 4) is 11.1 Å². The van der Waals surface area contributed by atoms with E-state index in [0.717, 1.165) is 41.8 Å². The lowest BCUT2D eigenvalue weighted by Gasteiger charge is -2.36. The number of amidine groups is 1. The molecule has 77 heavy (non-hydrogen) atoms. The molecule has 3 aromatic carbocycles. The summed E-state index contributed by atoms with van der Waals surface area (Å²) >= 11 is 0. The Kier molecular flexibility index (Phi) is 29.8. The largest absolute Gasteiger partial charge is 0.480 e. The number of likely N-dealkylation sites (N-methyl/N-ethyl adjacent to an activating group) is 1. The fraction of sp³-hybridized carbons (Fsp3) is 0.582. The number of carbonyl (C=O) groups is 2. The molecule has 0 saturated carbocycles. The average Bonchev–Trinajstić information content (AvgIpc) is 3.58. The van der Waals surface area contributed by atoms with Crippen LogP contribution >= 0.6 is 0 Å². The number of hydrogen-bond acceptors (Lipinski definition) is 18. The second-order valence-electron chi connectivity index (χ2n) is 18.4. The molecule has 0 bridgehead atoms. The molecule has 2 aliphatic rings. The van der Waals surface area contributed by atoms with Gasteiger partial charge in [0.2, 0.25) is 10.0 Å². The van der Waals surface area contributed by atoms with Crippen molar-refractivity contribution in [3.63, 3.8) is 0 Å². The summed E-state index contributed by atoms with van der Waals surface area (Å²) in [5, 5.41) is 17.8. The highest BCUT2D eigenvalue weighted by atomic mass is 32.2. The quantitative estimate of drug-likeness (QED) is 0.0681. The number of sulfonamides is 1. The van der Waals surface area contributed by atoms with Crippen molar-refractivity contribution in [1.29, 1.82) is 0 Å². The van der Waals surface area contributed by atoms with Crippen LogP contribution in [0.1, 0.15) is 36.5 Å². The van der Waals surface area contributed by atoms with Crippen molar-refractivity contribution in [3.05, 3.63) is 89.0 Å². The maximum absolute atomic E-state index is 14.1. The van der Waals surface area contributed by atoms with E-state index in [0.29, 0.717) is 168 Å². The summed E-state index contributed by atoms with van der Waals surface area (Å²) in [4.78, 5) is 33.4. The van der Waals surface area contributed by atoms with Gasteiger partial charge in [-0.3, -0.25) is 9.69 Å². The number of fused-ring (bicyclic) bond motifs is 1. The van der Waals surface area contributed by atoms with Gasteiger partial charge in [0.1, 0.15) is 12.4 Å². The molecule has 0 atom stereocenters. The van der Waals surface area contributed by atoms with Gasteiger partial charge in [-0.05, 0) is 60.0 Å². The van der Waals surface area contributed by atoms with Gasteiger partial charge in [-0.25, -0.2) is 18.2 Å². The van der Waals surface area contributed by atoms with E-state index in [9.17, 15) is 23.1 Å². The van der Waals surface area contributed by atoms with Crippen LogP contribution in [0.3, 0.4) is 0 Å². The van der Waals surface area contributed by atoms with Gasteiger partial charge in [0.25, 0.3) is 5.91 Å². The van der Waals surface area contributed by atoms with Crippen molar-refractivity contribution >= 4 is 39.5 Å². The third-order valence-electron chi connectivity index (χ3n) is 12.1. The van der Waals surface area contributed by atoms with Gasteiger partial charge in [-0.2, -0.15) is 4.31 Å². The van der Waals surface area contributed by atoms with E-state index < -0.39 is 16.0 Å². The van der Waals surface area contributed by atoms with Crippen LogP contribution in [0.4, 0.5) is 5.69 Å². The molecule has 2 aliphatic heterocycles. The number of carbonyl (C=O) groups excluding carboxylic acids is 1. The number of benzene rings is 3. The van der Waals surface area contributed by atoms with Crippen LogP contribution in [0, 0.1) is 5.92 Å². The summed E-state index contributed by atoms with van der Waals surface area (Å²) in [7, 11) is -1.63. The number of aliphatic imine (C=N–C) groups is 1. The van der Waals surface area contributed by atoms with Crippen molar-refractivity contribution in [2.75, 3.05) is 172 Å². The summed E-state index contributed by atoms with van der Waals surface area (Å²) in [6, 6.07) is 20.8. The molecule has 1 amide bonds. The van der Waals surface area contributed by atoms with E-state index in [2.05, 4.69) is 41.2 Å². The van der Waals surface area contributed by atoms with Gasteiger partial charge < -0.3 is 68.2 Å². The minimum atomic E-state index is -3.69. The van der Waals surface area contributed by atoms with E-state index in [1.165, 1.54) is 4.31 Å². The fourth-order valence-corrected chi connectivity index (χ4v) is 9.61. The number of carboxylic acids is 1. The second-order valence-corrected chi connectivity index (χ2v) is 20.3. The molecule has 0 radical (unpaired) electrons. The summed E-state index contributed by atoms with van der Waals surface area (Å²) < 4.78 is 82.4. The molecule has 5 rings (SSSR count). The predicted molar refractivity (Wildman–Crippen MR) is 289 cm³/mol. The maximum atomic E-state index is 14.1. The zero-order valence-corrected chi connectivity index (χ0v) is 45.7. The molecule has 428 valence electrons. The van der Waals surface area contributed by atoms with Crippen LogP contribution in [0.5, 0.6) is 0 Å². The topological polar surface area (TPSA) is 249 Å². The number of nitrogens with two attached hydrogens (primary N) is 1. The lowest BCUT2D eigenvalue weighted by atomic mass is 10.0. The summed E-state index contributed by atoms with van der Waals surface area (Å²) in [6.07, 6.45) is 2.85. The minimum absolute atomic E-state index is 0.0369. The van der Waals surface area contributed by atoms with E-state index in [1.54, 1.807) is 18.2 Å². The van der Waals surface area contributed by atoms with E-state index in [1.807, 2.05) is 42.2 Å². The van der Waals surface area contributed by atoms with Gasteiger partial charge in [-0.1, -0.05) is 55.5 Å². The first-order valence-corrected chi connectivity index (χ1v) is 27.8. The lowest BCUT2D eigenvalue weighted by molar-refractivity contribution is -0.142. The molecule has 3 aromatic rings. The minimum Gasteiger partial charge on any atom is -0.480 e. The number of rotatable bonds is 43. The molecule has 1 saturated heterocycles. The highest BCUT2D eigenvalue weighted by molar-refractivity contribution is 7.89. The number of nitrogens with zero attached hydrogens (tertiary/aromatic N) is 4. The van der Waals surface area contributed by atoms with Crippen molar-refractivity contribution in [1.82, 2.24) is 14.1 Å². The molecule has 0 spiro atoms. The van der Waals surface area contributed by atoms with E-state index >= 15 is 0 Å². The van der Waals surface area contributed by atoms with Gasteiger partial charge >= 0.3 is 5.97 Å². The van der Waals surface area contributed by atoms with Crippen LogP contribution in [0.25, 0.3) is 17.2 Å².